The summed E-state index contributed by atoms with van der Waals surface area (Å²) in [5.74, 6) is 0.219. The molecule has 0 atom stereocenters. The summed E-state index contributed by atoms with van der Waals surface area (Å²) >= 11 is 0. The van der Waals surface area contributed by atoms with Crippen LogP contribution in [0, 0.1) is 17.0 Å². The number of amides is 1. The van der Waals surface area contributed by atoms with Crippen LogP contribution in [0.25, 0.3) is 5.65 Å². The smallest absolute Gasteiger partial charge is 0.204 e. The number of anilines is 1. The Balaban J connectivity index is 0.000000258. The van der Waals surface area contributed by atoms with E-state index in [4.69, 9.17) is 9.78 Å². The monoisotopic (exact) mass is 433 g/mol. The first-order valence-corrected chi connectivity index (χ1v) is 10.0. The molecule has 1 amide bonds. The molecule has 0 bridgehead atoms. The zero-order valence-corrected chi connectivity index (χ0v) is 17.8. The predicted molar refractivity (Wildman–Crippen MR) is 116 cm³/mol. The number of nitrogens with zero attached hydrogens (tertiary/aromatic N) is 4. The summed E-state index contributed by atoms with van der Waals surface area (Å²) in [6, 6.07) is 6.35. The number of hydrogen-bond acceptors (Lipinski definition) is 5. The molecule has 1 fully saturated rings. The fourth-order valence-corrected chi connectivity index (χ4v) is 3.15. The predicted octanol–water partition coefficient (Wildman–Crippen LogP) is 2.96. The van der Waals surface area contributed by atoms with Gasteiger partial charge in [-0.1, -0.05) is 13.8 Å². The minimum absolute atomic E-state index is 0.144. The molecule has 7 nitrogen and oxygen atoms in total. The van der Waals surface area contributed by atoms with E-state index < -0.39 is 11.6 Å². The second kappa shape index (κ2) is 11.4. The van der Waals surface area contributed by atoms with E-state index in [1.165, 1.54) is 12.8 Å². The Kier molecular flexibility index (Phi) is 8.87. The molecule has 3 heterocycles. The summed E-state index contributed by atoms with van der Waals surface area (Å²) in [6.07, 6.45) is 7.37. The van der Waals surface area contributed by atoms with Gasteiger partial charge in [0.05, 0.1) is 6.20 Å². The largest absolute Gasteiger partial charge is 0.396 e. The highest BCUT2D eigenvalue weighted by atomic mass is 19.1. The maximum Gasteiger partial charge on any atom is 0.204 e. The van der Waals surface area contributed by atoms with E-state index in [0.29, 0.717) is 0 Å². The third-order valence-corrected chi connectivity index (χ3v) is 4.76. The van der Waals surface area contributed by atoms with Crippen LogP contribution < -0.4 is 10.6 Å². The number of nitrogens with two attached hydrogens (primary N) is 1. The van der Waals surface area contributed by atoms with Gasteiger partial charge in [0.25, 0.3) is 0 Å². The summed E-state index contributed by atoms with van der Waals surface area (Å²) in [4.78, 5) is 15.7. The van der Waals surface area contributed by atoms with Crippen molar-refractivity contribution < 1.29 is 18.7 Å². The lowest BCUT2D eigenvalue weighted by atomic mass is 9.88. The van der Waals surface area contributed by atoms with Crippen LogP contribution in [0.15, 0.2) is 42.7 Å². The van der Waals surface area contributed by atoms with Crippen molar-refractivity contribution in [2.45, 2.75) is 33.1 Å². The summed E-state index contributed by atoms with van der Waals surface area (Å²) in [7, 11) is 0. The van der Waals surface area contributed by atoms with Crippen LogP contribution in [0.2, 0.25) is 0 Å². The first-order valence-electron chi connectivity index (χ1n) is 10.0. The van der Waals surface area contributed by atoms with E-state index in [9.17, 15) is 13.9 Å². The molecule has 2 aromatic heterocycles. The second-order valence-electron chi connectivity index (χ2n) is 7.99. The van der Waals surface area contributed by atoms with E-state index in [1.807, 2.05) is 23.0 Å². The first kappa shape index (κ1) is 24.2. The third kappa shape index (κ3) is 7.29. The molecular weight excluding hydrogens is 404 g/mol. The summed E-state index contributed by atoms with van der Waals surface area (Å²) < 4.78 is 25.7. The number of aliphatic hydroxyl groups is 1. The van der Waals surface area contributed by atoms with Crippen molar-refractivity contribution in [2.75, 3.05) is 24.6 Å². The van der Waals surface area contributed by atoms with Crippen molar-refractivity contribution in [3.63, 3.8) is 0 Å². The molecule has 9 heteroatoms. The number of halogens is 2. The van der Waals surface area contributed by atoms with E-state index in [2.05, 4.69) is 29.6 Å². The molecule has 0 radical (unpaired) electrons. The first-order chi connectivity index (χ1) is 14.8. The number of primary amides is 1. The minimum Gasteiger partial charge on any atom is -0.396 e. The Hall–Kier alpha value is -3.07. The number of aliphatic hydroxyl groups excluding tert-OH is 1. The Morgan fingerprint density at radius 1 is 1.13 bits per heavy atom. The number of aromatic nitrogens is 3. The summed E-state index contributed by atoms with van der Waals surface area (Å²) in [6.45, 7) is 6.46. The molecule has 168 valence electrons. The van der Waals surface area contributed by atoms with Gasteiger partial charge in [0.2, 0.25) is 6.41 Å². The number of hydrogen-bond donors (Lipinski definition) is 2. The molecule has 0 aliphatic carbocycles. The van der Waals surface area contributed by atoms with E-state index in [0.717, 1.165) is 60.8 Å². The number of carbonyl (C=O) groups excluding carboxylic acids is 1. The van der Waals surface area contributed by atoms with E-state index in [1.54, 1.807) is 0 Å². The van der Waals surface area contributed by atoms with Gasteiger partial charge in [0.1, 0.15) is 17.5 Å². The van der Waals surface area contributed by atoms with Crippen LogP contribution >= 0.6 is 0 Å². The Bertz CT molecular complexity index is 933. The van der Waals surface area contributed by atoms with Gasteiger partial charge >= 0.3 is 0 Å². The average Bonchev–Trinajstić information content (AvgIpc) is 3.41. The van der Waals surface area contributed by atoms with E-state index in [-0.39, 0.29) is 18.4 Å². The van der Waals surface area contributed by atoms with Crippen LogP contribution in [0.5, 0.6) is 0 Å². The molecule has 4 rings (SSSR count). The number of benzene rings is 1. The lowest BCUT2D eigenvalue weighted by molar-refractivity contribution is -0.106. The molecule has 0 spiro atoms. The van der Waals surface area contributed by atoms with Crippen LogP contribution in [0.3, 0.4) is 0 Å². The standard InChI is InChI=1S/C15H22N4O.C6H4F2.CH3NO/c1-15(2,11-20)9-12-10-16-19-8-5-13(17-14(12)19)18-6-3-4-7-18;7-5-1-2-6(8)4-3-5;2-1-3/h5,8,10,20H,3-4,6-7,9,11H2,1-2H3;1-4H;1H,(H2,2,3). The quantitative estimate of drug-likeness (QED) is 0.617. The van der Waals surface area contributed by atoms with Crippen molar-refractivity contribution >= 4 is 17.9 Å². The third-order valence-electron chi connectivity index (χ3n) is 4.76. The lowest BCUT2D eigenvalue weighted by Crippen LogP contribution is -2.21. The minimum atomic E-state index is -0.411. The van der Waals surface area contributed by atoms with Gasteiger partial charge < -0.3 is 15.7 Å². The van der Waals surface area contributed by atoms with Gasteiger partial charge in [0.15, 0.2) is 5.65 Å². The molecule has 1 aliphatic heterocycles. The highest BCUT2D eigenvalue weighted by Crippen LogP contribution is 2.25. The van der Waals surface area contributed by atoms with Gasteiger partial charge in [-0.3, -0.25) is 4.79 Å². The Morgan fingerprint density at radius 2 is 1.68 bits per heavy atom. The fraction of sp³-hybridized carbons (Fsp3) is 0.409. The van der Waals surface area contributed by atoms with Crippen molar-refractivity contribution in [3.8, 4) is 0 Å². The van der Waals surface area contributed by atoms with Gasteiger partial charge in [0, 0.05) is 31.5 Å². The van der Waals surface area contributed by atoms with Gasteiger partial charge in [-0.05, 0) is 55.0 Å². The zero-order chi connectivity index (χ0) is 22.9. The Labute approximate surface area is 180 Å². The molecular formula is C22H29F2N5O2. The normalized spacial score (nSPS) is 13.3. The lowest BCUT2D eigenvalue weighted by Gasteiger charge is -2.20. The van der Waals surface area contributed by atoms with Crippen molar-refractivity contribution in [1.82, 2.24) is 14.6 Å². The number of fused-ring (bicyclic) bond motifs is 1. The maximum absolute atomic E-state index is 11.9. The van der Waals surface area contributed by atoms with Crippen molar-refractivity contribution in [2.24, 2.45) is 11.1 Å². The van der Waals surface area contributed by atoms with Crippen LogP contribution in [0.4, 0.5) is 14.6 Å². The van der Waals surface area contributed by atoms with Gasteiger partial charge in [-0.15, -0.1) is 0 Å². The molecule has 1 saturated heterocycles. The maximum atomic E-state index is 11.9. The molecule has 0 saturated carbocycles. The highest BCUT2D eigenvalue weighted by Gasteiger charge is 2.21. The molecule has 0 unspecified atom stereocenters. The van der Waals surface area contributed by atoms with Crippen LogP contribution in [-0.2, 0) is 11.2 Å². The SMILES string of the molecule is CC(C)(CO)Cc1cnn2ccc(N3CCCC3)nc12.Fc1ccc(F)cc1.NC=O. The zero-order valence-electron chi connectivity index (χ0n) is 17.8. The van der Waals surface area contributed by atoms with Crippen LogP contribution in [0.1, 0.15) is 32.3 Å². The van der Waals surface area contributed by atoms with E-state index >= 15 is 0 Å². The number of rotatable bonds is 4. The molecule has 31 heavy (non-hydrogen) atoms. The molecule has 1 aromatic carbocycles. The number of carbonyl (C=O) groups is 1. The fourth-order valence-electron chi connectivity index (χ4n) is 3.15. The van der Waals surface area contributed by atoms with Crippen molar-refractivity contribution in [1.29, 1.82) is 0 Å². The summed E-state index contributed by atoms with van der Waals surface area (Å²) in [5, 5.41) is 13.8. The highest BCUT2D eigenvalue weighted by molar-refractivity contribution is 5.53. The molecule has 3 N–H and O–H groups in total. The summed E-state index contributed by atoms with van der Waals surface area (Å²) in [5.41, 5.74) is 6.04. The second-order valence-corrected chi connectivity index (χ2v) is 7.99. The topological polar surface area (TPSA) is 96.8 Å². The average molecular weight is 434 g/mol. The Morgan fingerprint density at radius 3 is 2.19 bits per heavy atom. The van der Waals surface area contributed by atoms with Crippen molar-refractivity contribution in [3.05, 3.63) is 59.9 Å². The van der Waals surface area contributed by atoms with Gasteiger partial charge in [-0.25, -0.2) is 18.3 Å². The molecule has 3 aromatic rings. The molecule has 1 aliphatic rings. The van der Waals surface area contributed by atoms with Gasteiger partial charge in [-0.2, -0.15) is 5.10 Å². The van der Waals surface area contributed by atoms with Crippen LogP contribution in [-0.4, -0.2) is 45.8 Å².